The molecule has 0 atom stereocenters. The first-order chi connectivity index (χ1) is 11.6. The van der Waals surface area contributed by atoms with Gasteiger partial charge in [0.1, 0.15) is 11.6 Å². The van der Waals surface area contributed by atoms with Crippen LogP contribution in [0.15, 0.2) is 47.5 Å². The summed E-state index contributed by atoms with van der Waals surface area (Å²) in [7, 11) is 1.57. The molecule has 1 amide bonds. The minimum atomic E-state index is -0.548. The van der Waals surface area contributed by atoms with E-state index in [0.29, 0.717) is 22.7 Å². The highest BCUT2D eigenvalue weighted by Crippen LogP contribution is 2.19. The van der Waals surface area contributed by atoms with Crippen molar-refractivity contribution >= 4 is 27.5 Å². The molecule has 0 N–H and O–H groups in total. The van der Waals surface area contributed by atoms with E-state index in [1.165, 1.54) is 41.7 Å². The number of benzene rings is 2. The summed E-state index contributed by atoms with van der Waals surface area (Å²) in [5, 5.41) is 0. The SMILES string of the molecule is COCCn1c(=NC(=O)c2cccc(F)c2)sc2cc(F)ccc21. The summed E-state index contributed by atoms with van der Waals surface area (Å²) in [6, 6.07) is 9.75. The van der Waals surface area contributed by atoms with E-state index in [1.54, 1.807) is 17.7 Å². The van der Waals surface area contributed by atoms with Gasteiger partial charge in [-0.15, -0.1) is 0 Å². The van der Waals surface area contributed by atoms with E-state index < -0.39 is 11.7 Å². The minimum Gasteiger partial charge on any atom is -0.383 e. The van der Waals surface area contributed by atoms with Crippen molar-refractivity contribution in [2.24, 2.45) is 4.99 Å². The summed E-state index contributed by atoms with van der Waals surface area (Å²) < 4.78 is 34.3. The molecule has 1 aromatic heterocycles. The highest BCUT2D eigenvalue weighted by atomic mass is 32.1. The van der Waals surface area contributed by atoms with Crippen LogP contribution in [0.3, 0.4) is 0 Å². The number of hydrogen-bond acceptors (Lipinski definition) is 3. The van der Waals surface area contributed by atoms with Gasteiger partial charge in [-0.05, 0) is 36.4 Å². The molecule has 0 bridgehead atoms. The maximum Gasteiger partial charge on any atom is 0.279 e. The molecule has 0 aliphatic rings. The van der Waals surface area contributed by atoms with Crippen molar-refractivity contribution in [1.29, 1.82) is 0 Å². The monoisotopic (exact) mass is 348 g/mol. The topological polar surface area (TPSA) is 43.6 Å². The second-order valence-electron chi connectivity index (χ2n) is 5.07. The number of carbonyl (C=O) groups is 1. The first-order valence-corrected chi connectivity index (χ1v) is 8.02. The van der Waals surface area contributed by atoms with Gasteiger partial charge in [0, 0.05) is 19.2 Å². The number of halogens is 2. The average molecular weight is 348 g/mol. The number of amides is 1. The Bertz CT molecular complexity index is 963. The van der Waals surface area contributed by atoms with Gasteiger partial charge in [0.05, 0.1) is 16.8 Å². The number of ether oxygens (including phenoxy) is 1. The van der Waals surface area contributed by atoms with Crippen LogP contribution in [0, 0.1) is 11.6 Å². The summed E-state index contributed by atoms with van der Waals surface area (Å²) in [6.45, 7) is 0.891. The molecule has 3 rings (SSSR count). The van der Waals surface area contributed by atoms with E-state index in [1.807, 2.05) is 0 Å². The van der Waals surface area contributed by atoms with Gasteiger partial charge >= 0.3 is 0 Å². The molecule has 0 radical (unpaired) electrons. The first kappa shape index (κ1) is 16.5. The van der Waals surface area contributed by atoms with Crippen LogP contribution in [0.25, 0.3) is 10.2 Å². The Labute approximate surface area is 140 Å². The van der Waals surface area contributed by atoms with Crippen LogP contribution >= 0.6 is 11.3 Å². The summed E-state index contributed by atoms with van der Waals surface area (Å²) >= 11 is 1.20. The van der Waals surface area contributed by atoms with Gasteiger partial charge in [-0.1, -0.05) is 17.4 Å². The van der Waals surface area contributed by atoms with Crippen molar-refractivity contribution in [3.8, 4) is 0 Å². The van der Waals surface area contributed by atoms with Gasteiger partial charge in [0.2, 0.25) is 0 Å². The fourth-order valence-electron chi connectivity index (χ4n) is 2.30. The fraction of sp³-hybridized carbons (Fsp3) is 0.176. The molecule has 7 heteroatoms. The van der Waals surface area contributed by atoms with Gasteiger partial charge in [0.25, 0.3) is 5.91 Å². The molecular formula is C17H14F2N2O2S. The van der Waals surface area contributed by atoms with Crippen molar-refractivity contribution in [3.63, 3.8) is 0 Å². The molecule has 0 aliphatic heterocycles. The summed E-state index contributed by atoms with van der Waals surface area (Å²) in [5.41, 5.74) is 0.932. The molecule has 124 valence electrons. The van der Waals surface area contributed by atoms with Crippen LogP contribution in [0.1, 0.15) is 10.4 Å². The largest absolute Gasteiger partial charge is 0.383 e. The zero-order chi connectivity index (χ0) is 17.1. The van der Waals surface area contributed by atoms with Gasteiger partial charge in [-0.2, -0.15) is 4.99 Å². The normalized spacial score (nSPS) is 12.0. The second-order valence-corrected chi connectivity index (χ2v) is 6.08. The average Bonchev–Trinajstić information content (AvgIpc) is 2.89. The lowest BCUT2D eigenvalue weighted by Crippen LogP contribution is -2.19. The van der Waals surface area contributed by atoms with Crippen molar-refractivity contribution in [3.05, 3.63) is 64.5 Å². The Morgan fingerprint density at radius 3 is 2.75 bits per heavy atom. The zero-order valence-corrected chi connectivity index (χ0v) is 13.6. The first-order valence-electron chi connectivity index (χ1n) is 7.21. The minimum absolute atomic E-state index is 0.164. The Morgan fingerprint density at radius 2 is 2.00 bits per heavy atom. The van der Waals surface area contributed by atoms with E-state index in [0.717, 1.165) is 11.6 Å². The number of aromatic nitrogens is 1. The van der Waals surface area contributed by atoms with E-state index in [4.69, 9.17) is 4.74 Å². The standard InChI is InChI=1S/C17H14F2N2O2S/c1-23-8-7-21-14-6-5-13(19)10-15(14)24-17(21)20-16(22)11-3-2-4-12(18)9-11/h2-6,9-10H,7-8H2,1H3. The van der Waals surface area contributed by atoms with Crippen LogP contribution in [0.2, 0.25) is 0 Å². The molecule has 0 spiro atoms. The number of thiazole rings is 1. The smallest absolute Gasteiger partial charge is 0.279 e. The number of rotatable bonds is 4. The second kappa shape index (κ2) is 7.02. The van der Waals surface area contributed by atoms with Crippen molar-refractivity contribution in [1.82, 2.24) is 4.57 Å². The fourth-order valence-corrected chi connectivity index (χ4v) is 3.38. The van der Waals surface area contributed by atoms with Crippen LogP contribution in [-0.2, 0) is 11.3 Å². The molecule has 24 heavy (non-hydrogen) atoms. The Balaban J connectivity index is 2.11. The van der Waals surface area contributed by atoms with Crippen molar-refractivity contribution in [2.75, 3.05) is 13.7 Å². The third-order valence-corrected chi connectivity index (χ3v) is 4.47. The van der Waals surface area contributed by atoms with Gasteiger partial charge in [-0.25, -0.2) is 8.78 Å². The van der Waals surface area contributed by atoms with Crippen LogP contribution < -0.4 is 4.80 Å². The lowest BCUT2D eigenvalue weighted by atomic mass is 10.2. The molecule has 3 aromatic rings. The predicted octanol–water partition coefficient (Wildman–Crippen LogP) is 3.37. The number of hydrogen-bond donors (Lipinski definition) is 0. The number of carbonyl (C=O) groups excluding carboxylic acids is 1. The molecule has 0 aliphatic carbocycles. The van der Waals surface area contributed by atoms with E-state index in [9.17, 15) is 13.6 Å². The Hall–Kier alpha value is -2.38. The summed E-state index contributed by atoms with van der Waals surface area (Å²) in [6.07, 6.45) is 0. The lowest BCUT2D eigenvalue weighted by molar-refractivity contribution is 0.0997. The van der Waals surface area contributed by atoms with Gasteiger partial charge in [-0.3, -0.25) is 4.79 Å². The van der Waals surface area contributed by atoms with Crippen molar-refractivity contribution < 1.29 is 18.3 Å². The zero-order valence-electron chi connectivity index (χ0n) is 12.8. The summed E-state index contributed by atoms with van der Waals surface area (Å²) in [5.74, 6) is -1.40. The van der Waals surface area contributed by atoms with Crippen LogP contribution in [-0.4, -0.2) is 24.2 Å². The maximum absolute atomic E-state index is 13.4. The number of methoxy groups -OCH3 is 1. The van der Waals surface area contributed by atoms with E-state index >= 15 is 0 Å². The molecule has 2 aromatic carbocycles. The number of fused-ring (bicyclic) bond motifs is 1. The highest BCUT2D eigenvalue weighted by molar-refractivity contribution is 7.16. The predicted molar refractivity (Wildman–Crippen MR) is 87.9 cm³/mol. The molecule has 0 fully saturated rings. The Morgan fingerprint density at radius 1 is 1.21 bits per heavy atom. The number of nitrogens with zero attached hydrogens (tertiary/aromatic N) is 2. The van der Waals surface area contributed by atoms with Gasteiger partial charge < -0.3 is 9.30 Å². The molecule has 0 saturated heterocycles. The maximum atomic E-state index is 13.4. The van der Waals surface area contributed by atoms with Crippen molar-refractivity contribution in [2.45, 2.75) is 6.54 Å². The Kier molecular flexibility index (Phi) is 4.82. The summed E-state index contributed by atoms with van der Waals surface area (Å²) in [4.78, 5) is 16.8. The van der Waals surface area contributed by atoms with Crippen LogP contribution in [0.4, 0.5) is 8.78 Å². The molecule has 4 nitrogen and oxygen atoms in total. The molecule has 0 unspecified atom stereocenters. The molecule has 1 heterocycles. The molecule has 0 saturated carbocycles. The highest BCUT2D eigenvalue weighted by Gasteiger charge is 2.10. The quantitative estimate of drug-likeness (QED) is 0.726. The third-order valence-electron chi connectivity index (χ3n) is 3.43. The van der Waals surface area contributed by atoms with Crippen LogP contribution in [0.5, 0.6) is 0 Å². The van der Waals surface area contributed by atoms with Gasteiger partial charge in [0.15, 0.2) is 4.80 Å². The van der Waals surface area contributed by atoms with E-state index in [-0.39, 0.29) is 11.4 Å². The third kappa shape index (κ3) is 3.42. The lowest BCUT2D eigenvalue weighted by Gasteiger charge is -2.04. The molecular weight excluding hydrogens is 334 g/mol. The van der Waals surface area contributed by atoms with E-state index in [2.05, 4.69) is 4.99 Å².